The average molecular weight is 271 g/mol. The van der Waals surface area contributed by atoms with E-state index in [1.54, 1.807) is 7.05 Å². The molecule has 1 unspecified atom stereocenters. The second-order valence-electron chi connectivity index (χ2n) is 4.24. The molecule has 0 radical (unpaired) electrons. The molecule has 0 spiro atoms. The molecule has 0 bridgehead atoms. The lowest BCUT2D eigenvalue weighted by molar-refractivity contribution is 0.556. The topological polar surface area (TPSA) is 72.7 Å². The van der Waals surface area contributed by atoms with Crippen molar-refractivity contribution in [3.05, 3.63) is 27.2 Å². The molecule has 6 nitrogen and oxygen atoms in total. The Balaban J connectivity index is 2.57. The smallest absolute Gasteiger partial charge is 0.332 e. The van der Waals surface area contributed by atoms with Gasteiger partial charge in [0.15, 0.2) is 5.65 Å². The summed E-state index contributed by atoms with van der Waals surface area (Å²) in [6.07, 6.45) is 3.08. The minimum Gasteiger partial charge on any atom is -0.339 e. The van der Waals surface area contributed by atoms with Gasteiger partial charge in [0.2, 0.25) is 0 Å². The Hall–Kier alpha value is -1.56. The van der Waals surface area contributed by atoms with Crippen LogP contribution in [0.1, 0.15) is 19.8 Å². The van der Waals surface area contributed by atoms with Crippen LogP contribution in [0.3, 0.4) is 0 Å². The first-order chi connectivity index (χ1) is 8.56. The number of nitrogens with one attached hydrogen (secondary N) is 1. The number of halogens is 1. The minimum atomic E-state index is -0.388. The zero-order chi connectivity index (χ0) is 13.3. The van der Waals surface area contributed by atoms with Crippen LogP contribution in [-0.2, 0) is 13.6 Å². The van der Waals surface area contributed by atoms with Crippen LogP contribution >= 0.6 is 11.6 Å². The Bertz CT molecular complexity index is 670. The number of aryl methyl sites for hydroxylation is 1. The maximum atomic E-state index is 12.1. The molecule has 7 heteroatoms. The summed E-state index contributed by atoms with van der Waals surface area (Å²) in [6, 6.07) is 0. The van der Waals surface area contributed by atoms with Crippen molar-refractivity contribution in [3.8, 4) is 0 Å². The fourth-order valence-electron chi connectivity index (χ4n) is 1.96. The summed E-state index contributed by atoms with van der Waals surface area (Å²) >= 11 is 6.10. The average Bonchev–Trinajstić information content (AvgIpc) is 2.81. The third kappa shape index (κ3) is 2.08. The van der Waals surface area contributed by atoms with Gasteiger partial charge in [0, 0.05) is 13.6 Å². The quantitative estimate of drug-likeness (QED) is 0.837. The standard InChI is InChI=1S/C11H15ClN4O2/c1-3-4-7(12)5-16-10(17)8-9(14-6-13-8)15(2)11(16)18/h6-7H,3-5H2,1-2H3,(H,13,14). The lowest BCUT2D eigenvalue weighted by Crippen LogP contribution is -2.41. The predicted octanol–water partition coefficient (Wildman–Crippen LogP) is 0.831. The Kier molecular flexibility index (Phi) is 3.56. The molecule has 1 atom stereocenters. The fourth-order valence-corrected chi connectivity index (χ4v) is 2.31. The van der Waals surface area contributed by atoms with E-state index < -0.39 is 0 Å². The summed E-state index contributed by atoms with van der Waals surface area (Å²) in [7, 11) is 1.59. The van der Waals surface area contributed by atoms with Gasteiger partial charge in [-0.3, -0.25) is 13.9 Å². The summed E-state index contributed by atoms with van der Waals surface area (Å²) < 4.78 is 2.51. The SMILES string of the molecule is CCCC(Cl)Cn1c(=O)c2[nH]cnc2n(C)c1=O. The zero-order valence-corrected chi connectivity index (χ0v) is 11.1. The third-order valence-corrected chi connectivity index (χ3v) is 3.25. The Morgan fingerprint density at radius 3 is 2.89 bits per heavy atom. The van der Waals surface area contributed by atoms with Crippen LogP contribution < -0.4 is 11.2 Å². The highest BCUT2D eigenvalue weighted by Gasteiger charge is 2.15. The van der Waals surface area contributed by atoms with Gasteiger partial charge in [0.25, 0.3) is 5.56 Å². The van der Waals surface area contributed by atoms with Crippen LogP contribution in [0.4, 0.5) is 0 Å². The molecular formula is C11H15ClN4O2. The van der Waals surface area contributed by atoms with E-state index in [2.05, 4.69) is 9.97 Å². The van der Waals surface area contributed by atoms with Crippen LogP contribution in [0.15, 0.2) is 15.9 Å². The fraction of sp³-hybridized carbons (Fsp3) is 0.545. The second-order valence-corrected chi connectivity index (χ2v) is 4.86. The van der Waals surface area contributed by atoms with Gasteiger partial charge in [-0.05, 0) is 6.42 Å². The Morgan fingerprint density at radius 2 is 2.22 bits per heavy atom. The number of nitrogens with zero attached hydrogens (tertiary/aromatic N) is 3. The highest BCUT2D eigenvalue weighted by Crippen LogP contribution is 2.07. The molecule has 1 N–H and O–H groups in total. The number of alkyl halides is 1. The molecule has 0 saturated carbocycles. The van der Waals surface area contributed by atoms with Crippen LogP contribution in [0.25, 0.3) is 11.2 Å². The second kappa shape index (κ2) is 4.97. The van der Waals surface area contributed by atoms with E-state index >= 15 is 0 Å². The van der Waals surface area contributed by atoms with Gasteiger partial charge >= 0.3 is 5.69 Å². The zero-order valence-electron chi connectivity index (χ0n) is 10.3. The molecule has 18 heavy (non-hydrogen) atoms. The van der Waals surface area contributed by atoms with Crippen LogP contribution in [-0.4, -0.2) is 24.5 Å². The van der Waals surface area contributed by atoms with Crippen molar-refractivity contribution in [2.24, 2.45) is 7.05 Å². The van der Waals surface area contributed by atoms with Gasteiger partial charge in [-0.1, -0.05) is 13.3 Å². The number of fused-ring (bicyclic) bond motifs is 1. The van der Waals surface area contributed by atoms with Crippen molar-refractivity contribution >= 4 is 22.8 Å². The Labute approximate surface area is 108 Å². The predicted molar refractivity (Wildman–Crippen MR) is 70.1 cm³/mol. The molecule has 98 valence electrons. The van der Waals surface area contributed by atoms with E-state index in [-0.39, 0.29) is 23.2 Å². The van der Waals surface area contributed by atoms with Crippen molar-refractivity contribution in [1.29, 1.82) is 0 Å². The van der Waals surface area contributed by atoms with E-state index in [0.717, 1.165) is 17.4 Å². The minimum absolute atomic E-state index is 0.218. The summed E-state index contributed by atoms with van der Waals surface area (Å²) in [5.74, 6) is 0. The van der Waals surface area contributed by atoms with Gasteiger partial charge in [-0.2, -0.15) is 0 Å². The molecule has 2 aromatic heterocycles. The molecule has 2 aromatic rings. The largest absolute Gasteiger partial charge is 0.339 e. The molecule has 0 saturated heterocycles. The summed E-state index contributed by atoms with van der Waals surface area (Å²) in [5, 5.41) is -0.222. The van der Waals surface area contributed by atoms with Crippen LogP contribution in [0.5, 0.6) is 0 Å². The molecule has 0 aliphatic carbocycles. The number of hydrogen-bond acceptors (Lipinski definition) is 3. The lowest BCUT2D eigenvalue weighted by Gasteiger charge is -2.11. The van der Waals surface area contributed by atoms with E-state index in [1.165, 1.54) is 10.9 Å². The Morgan fingerprint density at radius 1 is 1.50 bits per heavy atom. The molecule has 2 rings (SSSR count). The first-order valence-corrected chi connectivity index (χ1v) is 6.26. The van der Waals surface area contributed by atoms with Crippen molar-refractivity contribution in [1.82, 2.24) is 19.1 Å². The molecular weight excluding hydrogens is 256 g/mol. The number of H-pyrrole nitrogens is 1. The highest BCUT2D eigenvalue weighted by molar-refractivity contribution is 6.20. The van der Waals surface area contributed by atoms with E-state index in [9.17, 15) is 9.59 Å². The number of hydrogen-bond donors (Lipinski definition) is 1. The molecule has 0 aromatic carbocycles. The molecule has 0 amide bonds. The van der Waals surface area contributed by atoms with Crippen molar-refractivity contribution in [3.63, 3.8) is 0 Å². The normalized spacial score (nSPS) is 13.1. The van der Waals surface area contributed by atoms with E-state index in [0.29, 0.717) is 11.2 Å². The third-order valence-electron chi connectivity index (χ3n) is 2.90. The monoisotopic (exact) mass is 270 g/mol. The molecule has 0 aliphatic heterocycles. The van der Waals surface area contributed by atoms with Crippen LogP contribution in [0.2, 0.25) is 0 Å². The maximum absolute atomic E-state index is 12.1. The van der Waals surface area contributed by atoms with Gasteiger partial charge in [0.05, 0.1) is 11.7 Å². The maximum Gasteiger partial charge on any atom is 0.332 e. The van der Waals surface area contributed by atoms with Crippen molar-refractivity contribution in [2.75, 3.05) is 0 Å². The number of aromatic nitrogens is 4. The first-order valence-electron chi connectivity index (χ1n) is 5.83. The number of aromatic amines is 1. The van der Waals surface area contributed by atoms with Gasteiger partial charge in [-0.25, -0.2) is 9.78 Å². The van der Waals surface area contributed by atoms with Crippen LogP contribution in [0, 0.1) is 0 Å². The highest BCUT2D eigenvalue weighted by atomic mass is 35.5. The lowest BCUT2D eigenvalue weighted by atomic mass is 10.2. The van der Waals surface area contributed by atoms with E-state index in [1.807, 2.05) is 6.92 Å². The summed E-state index contributed by atoms with van der Waals surface area (Å²) in [6.45, 7) is 2.23. The molecule has 0 aliphatic rings. The van der Waals surface area contributed by atoms with Crippen molar-refractivity contribution < 1.29 is 0 Å². The van der Waals surface area contributed by atoms with Gasteiger partial charge < -0.3 is 4.98 Å². The summed E-state index contributed by atoms with van der Waals surface area (Å²) in [4.78, 5) is 30.9. The number of rotatable bonds is 4. The van der Waals surface area contributed by atoms with E-state index in [4.69, 9.17) is 11.6 Å². The first kappa shape index (κ1) is 12.9. The van der Waals surface area contributed by atoms with Crippen molar-refractivity contribution in [2.45, 2.75) is 31.7 Å². The molecule has 0 fully saturated rings. The van der Waals surface area contributed by atoms with Gasteiger partial charge in [-0.15, -0.1) is 11.6 Å². The summed E-state index contributed by atoms with van der Waals surface area (Å²) in [5.41, 5.74) is -0.0611. The van der Waals surface area contributed by atoms with Gasteiger partial charge in [0.1, 0.15) is 5.52 Å². The number of imidazole rings is 1. The molecule has 2 heterocycles.